The molecule has 124 valence electrons. The maximum atomic E-state index is 12.1. The Labute approximate surface area is 138 Å². The van der Waals surface area contributed by atoms with Gasteiger partial charge in [0.05, 0.1) is 12.7 Å². The van der Waals surface area contributed by atoms with E-state index in [9.17, 15) is 4.79 Å². The molecule has 0 radical (unpaired) electrons. The highest BCUT2D eigenvalue weighted by Gasteiger charge is 2.23. The number of benzene rings is 1. The first-order valence-corrected chi connectivity index (χ1v) is 7.94. The van der Waals surface area contributed by atoms with Crippen LogP contribution in [0.25, 0.3) is 11.0 Å². The third-order valence-electron chi connectivity index (χ3n) is 4.30. The number of aromatic nitrogens is 4. The Morgan fingerprint density at radius 2 is 2.25 bits per heavy atom. The Kier molecular flexibility index (Phi) is 3.57. The van der Waals surface area contributed by atoms with Crippen molar-refractivity contribution < 1.29 is 4.74 Å². The van der Waals surface area contributed by atoms with E-state index in [1.807, 2.05) is 25.2 Å². The molecule has 2 aromatic heterocycles. The Hall–Kier alpha value is -2.67. The molecular weight excluding hydrogens is 306 g/mol. The minimum atomic E-state index is -0.152. The van der Waals surface area contributed by atoms with E-state index < -0.39 is 0 Å². The summed E-state index contributed by atoms with van der Waals surface area (Å²) in [6.07, 6.45) is 2.57. The van der Waals surface area contributed by atoms with E-state index in [-0.39, 0.29) is 11.7 Å². The Bertz CT molecular complexity index is 921. The molecule has 0 fully saturated rings. The van der Waals surface area contributed by atoms with Crippen LogP contribution in [-0.4, -0.2) is 44.3 Å². The molecule has 3 heterocycles. The normalized spacial score (nSPS) is 16.5. The molecule has 0 spiro atoms. The van der Waals surface area contributed by atoms with Crippen molar-refractivity contribution >= 4 is 11.0 Å². The molecule has 0 bridgehead atoms. The standard InChI is InChI=1S/C17H19N5O2/c1-21(9-12-7-11-5-3-4-6-14(11)24-12)10-15-19-16-13(17(23)20-15)8-18-22(16)2/h3-6,8,12H,7,9-10H2,1-2H3,(H,19,20,23)/t12-/m1/s1. The summed E-state index contributed by atoms with van der Waals surface area (Å²) < 4.78 is 7.58. The lowest BCUT2D eigenvalue weighted by molar-refractivity contribution is 0.163. The van der Waals surface area contributed by atoms with Crippen molar-refractivity contribution in [2.45, 2.75) is 19.1 Å². The third-order valence-corrected chi connectivity index (χ3v) is 4.30. The number of nitrogens with one attached hydrogen (secondary N) is 1. The fraction of sp³-hybridized carbons (Fsp3) is 0.353. The molecule has 4 rings (SSSR count). The summed E-state index contributed by atoms with van der Waals surface area (Å²) in [6.45, 7) is 1.31. The summed E-state index contributed by atoms with van der Waals surface area (Å²) in [5.41, 5.74) is 1.70. The molecule has 0 amide bonds. The third kappa shape index (κ3) is 2.67. The molecule has 1 atom stereocenters. The highest BCUT2D eigenvalue weighted by Crippen LogP contribution is 2.28. The van der Waals surface area contributed by atoms with Crippen LogP contribution in [0, 0.1) is 0 Å². The van der Waals surface area contributed by atoms with Gasteiger partial charge in [0.25, 0.3) is 5.56 Å². The van der Waals surface area contributed by atoms with Crippen molar-refractivity contribution in [3.63, 3.8) is 0 Å². The van der Waals surface area contributed by atoms with Crippen LogP contribution in [0.1, 0.15) is 11.4 Å². The highest BCUT2D eigenvalue weighted by atomic mass is 16.5. The maximum absolute atomic E-state index is 12.1. The van der Waals surface area contributed by atoms with Crippen LogP contribution in [0.15, 0.2) is 35.3 Å². The number of rotatable bonds is 4. The quantitative estimate of drug-likeness (QED) is 0.777. The highest BCUT2D eigenvalue weighted by molar-refractivity contribution is 5.72. The molecule has 0 unspecified atom stereocenters. The maximum Gasteiger partial charge on any atom is 0.262 e. The van der Waals surface area contributed by atoms with Gasteiger partial charge in [0, 0.05) is 20.0 Å². The second kappa shape index (κ2) is 5.76. The van der Waals surface area contributed by atoms with E-state index in [0.29, 0.717) is 23.4 Å². The summed E-state index contributed by atoms with van der Waals surface area (Å²) >= 11 is 0. The second-order valence-electron chi connectivity index (χ2n) is 6.27. The molecule has 0 aliphatic carbocycles. The first kappa shape index (κ1) is 14.9. The van der Waals surface area contributed by atoms with Gasteiger partial charge in [-0.25, -0.2) is 4.98 Å². The predicted octanol–water partition coefficient (Wildman–Crippen LogP) is 1.09. The van der Waals surface area contributed by atoms with Crippen LogP contribution in [-0.2, 0) is 20.0 Å². The van der Waals surface area contributed by atoms with E-state index in [2.05, 4.69) is 26.0 Å². The molecule has 7 heteroatoms. The molecule has 0 saturated carbocycles. The SMILES string of the molecule is CN(Cc1nc2c(cnn2C)c(=O)[nH]1)C[C@H]1Cc2ccccc2O1. The smallest absolute Gasteiger partial charge is 0.262 e. The second-order valence-corrected chi connectivity index (χ2v) is 6.27. The van der Waals surface area contributed by atoms with Gasteiger partial charge < -0.3 is 9.72 Å². The largest absolute Gasteiger partial charge is 0.488 e. The molecule has 1 aromatic carbocycles. The molecule has 1 N–H and O–H groups in total. The van der Waals surface area contributed by atoms with E-state index in [1.165, 1.54) is 11.8 Å². The number of fused-ring (bicyclic) bond motifs is 2. The van der Waals surface area contributed by atoms with Crippen molar-refractivity contribution in [2.24, 2.45) is 7.05 Å². The average Bonchev–Trinajstić information content (AvgIpc) is 3.11. The lowest BCUT2D eigenvalue weighted by Crippen LogP contribution is -2.32. The molecule has 0 saturated heterocycles. The number of H-pyrrole nitrogens is 1. The Balaban J connectivity index is 1.46. The summed E-state index contributed by atoms with van der Waals surface area (Å²) in [7, 11) is 3.78. The van der Waals surface area contributed by atoms with Crippen LogP contribution in [0.4, 0.5) is 0 Å². The summed E-state index contributed by atoms with van der Waals surface area (Å²) in [5, 5.41) is 4.60. The number of aromatic amines is 1. The zero-order valence-electron chi connectivity index (χ0n) is 13.7. The Morgan fingerprint density at radius 1 is 1.42 bits per heavy atom. The number of nitrogens with zero attached hydrogens (tertiary/aromatic N) is 4. The van der Waals surface area contributed by atoms with Crippen LogP contribution in [0.5, 0.6) is 5.75 Å². The van der Waals surface area contributed by atoms with Gasteiger partial charge in [-0.15, -0.1) is 0 Å². The topological polar surface area (TPSA) is 76.0 Å². The molecule has 24 heavy (non-hydrogen) atoms. The van der Waals surface area contributed by atoms with E-state index >= 15 is 0 Å². The monoisotopic (exact) mass is 325 g/mol. The summed E-state index contributed by atoms with van der Waals surface area (Å²) in [6, 6.07) is 8.13. The van der Waals surface area contributed by atoms with Gasteiger partial charge in [-0.05, 0) is 18.7 Å². The van der Waals surface area contributed by atoms with Crippen LogP contribution in [0.3, 0.4) is 0 Å². The fourth-order valence-corrected chi connectivity index (χ4v) is 3.18. The minimum absolute atomic E-state index is 0.125. The van der Waals surface area contributed by atoms with Gasteiger partial charge in [0.1, 0.15) is 23.1 Å². The number of ether oxygens (including phenoxy) is 1. The molecule has 1 aliphatic heterocycles. The van der Waals surface area contributed by atoms with E-state index in [0.717, 1.165) is 18.7 Å². The number of para-hydroxylation sites is 1. The molecular formula is C17H19N5O2. The van der Waals surface area contributed by atoms with Crippen molar-refractivity contribution in [1.82, 2.24) is 24.6 Å². The molecule has 3 aromatic rings. The number of aryl methyl sites for hydroxylation is 1. The molecule has 1 aliphatic rings. The van der Waals surface area contributed by atoms with Gasteiger partial charge in [-0.2, -0.15) is 5.10 Å². The zero-order valence-corrected chi connectivity index (χ0v) is 13.7. The lowest BCUT2D eigenvalue weighted by Gasteiger charge is -2.20. The van der Waals surface area contributed by atoms with Crippen molar-refractivity contribution in [1.29, 1.82) is 0 Å². The molecule has 7 nitrogen and oxygen atoms in total. The number of hydrogen-bond donors (Lipinski definition) is 1. The van der Waals surface area contributed by atoms with E-state index in [1.54, 1.807) is 11.7 Å². The van der Waals surface area contributed by atoms with Gasteiger partial charge in [0.2, 0.25) is 0 Å². The average molecular weight is 325 g/mol. The fourth-order valence-electron chi connectivity index (χ4n) is 3.18. The first-order chi connectivity index (χ1) is 11.6. The van der Waals surface area contributed by atoms with Gasteiger partial charge >= 0.3 is 0 Å². The zero-order chi connectivity index (χ0) is 16.7. The number of hydrogen-bond acceptors (Lipinski definition) is 5. The summed E-state index contributed by atoms with van der Waals surface area (Å²) in [5.74, 6) is 1.60. The predicted molar refractivity (Wildman–Crippen MR) is 90.0 cm³/mol. The van der Waals surface area contributed by atoms with Crippen molar-refractivity contribution in [3.8, 4) is 5.75 Å². The van der Waals surface area contributed by atoms with Crippen LogP contribution in [0.2, 0.25) is 0 Å². The van der Waals surface area contributed by atoms with Crippen LogP contribution >= 0.6 is 0 Å². The summed E-state index contributed by atoms with van der Waals surface area (Å²) in [4.78, 5) is 21.5. The van der Waals surface area contributed by atoms with Crippen molar-refractivity contribution in [2.75, 3.05) is 13.6 Å². The van der Waals surface area contributed by atoms with Gasteiger partial charge in [-0.1, -0.05) is 18.2 Å². The Morgan fingerprint density at radius 3 is 3.08 bits per heavy atom. The van der Waals surface area contributed by atoms with Crippen LogP contribution < -0.4 is 10.3 Å². The minimum Gasteiger partial charge on any atom is -0.488 e. The van der Waals surface area contributed by atoms with Gasteiger partial charge in [-0.3, -0.25) is 14.4 Å². The van der Waals surface area contributed by atoms with E-state index in [4.69, 9.17) is 4.74 Å². The first-order valence-electron chi connectivity index (χ1n) is 7.94. The van der Waals surface area contributed by atoms with Gasteiger partial charge in [0.15, 0.2) is 5.65 Å². The lowest BCUT2D eigenvalue weighted by atomic mass is 10.1. The number of likely N-dealkylation sites (N-methyl/N-ethyl adjacent to an activating group) is 1. The van der Waals surface area contributed by atoms with Crippen molar-refractivity contribution in [3.05, 3.63) is 52.2 Å².